The lowest BCUT2D eigenvalue weighted by Crippen LogP contribution is -2.59. The van der Waals surface area contributed by atoms with Crippen molar-refractivity contribution < 1.29 is 9.53 Å². The normalized spacial score (nSPS) is 33.6. The minimum atomic E-state index is -0.365. The maximum Gasteiger partial charge on any atom is 0.240 e. The molecule has 2 saturated heterocycles. The van der Waals surface area contributed by atoms with Gasteiger partial charge in [0.2, 0.25) is 5.91 Å². The van der Waals surface area contributed by atoms with Gasteiger partial charge in [-0.25, -0.2) is 0 Å². The van der Waals surface area contributed by atoms with Gasteiger partial charge in [-0.2, -0.15) is 0 Å². The number of carbonyl (C=O) groups is 1. The van der Waals surface area contributed by atoms with E-state index >= 15 is 0 Å². The van der Waals surface area contributed by atoms with E-state index in [0.29, 0.717) is 6.61 Å². The monoisotopic (exact) mass is 262 g/mol. The molecule has 0 aromatic heterocycles. The van der Waals surface area contributed by atoms with Crippen molar-refractivity contribution in [2.24, 2.45) is 0 Å². The molecule has 17 heavy (non-hydrogen) atoms. The van der Waals surface area contributed by atoms with Crippen LogP contribution in [0, 0.1) is 0 Å². The lowest BCUT2D eigenvalue weighted by Gasteiger charge is -2.35. The topological polar surface area (TPSA) is 50.4 Å². The second kappa shape index (κ2) is 6.57. The summed E-state index contributed by atoms with van der Waals surface area (Å²) in [5.41, 5.74) is -0.365. The van der Waals surface area contributed by atoms with Crippen molar-refractivity contribution in [3.63, 3.8) is 0 Å². The Morgan fingerprint density at radius 1 is 1.41 bits per heavy atom. The summed E-state index contributed by atoms with van der Waals surface area (Å²) < 4.78 is 5.37. The third kappa shape index (κ3) is 3.83. The summed E-state index contributed by atoms with van der Waals surface area (Å²) in [7, 11) is 0. The molecule has 2 heterocycles. The fraction of sp³-hybridized carbons (Fsp3) is 0.917. The molecule has 0 saturated carbocycles. The second-order valence-electron chi connectivity index (χ2n) is 5.10. The Morgan fingerprint density at radius 2 is 2.24 bits per heavy atom. The Labute approximate surface area is 109 Å². The average molecular weight is 263 g/mol. The van der Waals surface area contributed by atoms with Gasteiger partial charge in [0.25, 0.3) is 0 Å². The SMILES string of the molecule is CC1(C(=O)NC2CCCOC2)CCCCN1.Cl. The fourth-order valence-corrected chi connectivity index (χ4v) is 2.45. The molecule has 0 radical (unpaired) electrons. The molecule has 1 amide bonds. The standard InChI is InChI=1S/C12H22N2O2.ClH/c1-12(6-2-3-7-13-12)11(15)14-10-5-4-8-16-9-10;/h10,13H,2-9H2,1H3,(H,14,15);1H. The minimum absolute atomic E-state index is 0. The number of rotatable bonds is 2. The first-order valence-corrected chi connectivity index (χ1v) is 6.34. The minimum Gasteiger partial charge on any atom is -0.379 e. The molecule has 0 bridgehead atoms. The summed E-state index contributed by atoms with van der Waals surface area (Å²) in [5, 5.41) is 6.43. The van der Waals surface area contributed by atoms with Gasteiger partial charge in [0.15, 0.2) is 0 Å². The highest BCUT2D eigenvalue weighted by Crippen LogP contribution is 2.19. The Hall–Kier alpha value is -0.320. The molecule has 0 spiro atoms. The third-order valence-electron chi connectivity index (χ3n) is 3.62. The first-order valence-electron chi connectivity index (χ1n) is 6.34. The zero-order valence-electron chi connectivity index (χ0n) is 10.5. The molecule has 2 rings (SSSR count). The Balaban J connectivity index is 0.00000144. The predicted molar refractivity (Wildman–Crippen MR) is 69.5 cm³/mol. The lowest BCUT2D eigenvalue weighted by molar-refractivity contribution is -0.129. The number of hydrogen-bond donors (Lipinski definition) is 2. The third-order valence-corrected chi connectivity index (χ3v) is 3.62. The Morgan fingerprint density at radius 3 is 2.82 bits per heavy atom. The first-order chi connectivity index (χ1) is 7.71. The van der Waals surface area contributed by atoms with E-state index in [2.05, 4.69) is 10.6 Å². The lowest BCUT2D eigenvalue weighted by atomic mass is 9.89. The number of halogens is 1. The zero-order valence-corrected chi connectivity index (χ0v) is 11.3. The van der Waals surface area contributed by atoms with Gasteiger partial charge in [-0.05, 0) is 45.6 Å². The molecule has 100 valence electrons. The van der Waals surface area contributed by atoms with Crippen molar-refractivity contribution in [3.8, 4) is 0 Å². The van der Waals surface area contributed by atoms with Crippen molar-refractivity contribution in [1.29, 1.82) is 0 Å². The van der Waals surface area contributed by atoms with E-state index in [-0.39, 0.29) is 29.9 Å². The molecule has 0 aromatic rings. The van der Waals surface area contributed by atoms with Crippen LogP contribution < -0.4 is 10.6 Å². The highest BCUT2D eigenvalue weighted by atomic mass is 35.5. The van der Waals surface area contributed by atoms with Gasteiger partial charge >= 0.3 is 0 Å². The smallest absolute Gasteiger partial charge is 0.240 e. The summed E-state index contributed by atoms with van der Waals surface area (Å²) in [4.78, 5) is 12.2. The quantitative estimate of drug-likeness (QED) is 0.787. The number of nitrogens with one attached hydrogen (secondary N) is 2. The molecule has 0 aromatic carbocycles. The molecule has 2 atom stereocenters. The van der Waals surface area contributed by atoms with Crippen molar-refractivity contribution in [2.75, 3.05) is 19.8 Å². The summed E-state index contributed by atoms with van der Waals surface area (Å²) in [5.74, 6) is 0.141. The van der Waals surface area contributed by atoms with E-state index in [9.17, 15) is 4.79 Å². The molecule has 5 heteroatoms. The molecule has 0 aliphatic carbocycles. The molecule has 2 unspecified atom stereocenters. The van der Waals surface area contributed by atoms with Crippen LogP contribution in [0.15, 0.2) is 0 Å². The van der Waals surface area contributed by atoms with E-state index in [1.807, 2.05) is 6.92 Å². The largest absolute Gasteiger partial charge is 0.379 e. The van der Waals surface area contributed by atoms with E-state index in [0.717, 1.165) is 38.8 Å². The first kappa shape index (κ1) is 14.7. The van der Waals surface area contributed by atoms with Crippen LogP contribution in [0.5, 0.6) is 0 Å². The molecular formula is C12H23ClN2O2. The number of amides is 1. The highest BCUT2D eigenvalue weighted by Gasteiger charge is 2.35. The van der Waals surface area contributed by atoms with Crippen LogP contribution >= 0.6 is 12.4 Å². The van der Waals surface area contributed by atoms with E-state index in [1.165, 1.54) is 6.42 Å². The molecule has 2 aliphatic heterocycles. The molecule has 2 aliphatic rings. The van der Waals surface area contributed by atoms with Crippen LogP contribution in [0.2, 0.25) is 0 Å². The molecule has 2 N–H and O–H groups in total. The molecular weight excluding hydrogens is 240 g/mol. The number of ether oxygens (including phenoxy) is 1. The Kier molecular flexibility index (Phi) is 5.70. The zero-order chi connectivity index (χ0) is 11.4. The van der Waals surface area contributed by atoms with Gasteiger partial charge in [-0.1, -0.05) is 0 Å². The molecule has 2 fully saturated rings. The predicted octanol–water partition coefficient (Wildman–Crippen LogP) is 1.24. The van der Waals surface area contributed by atoms with Crippen LogP contribution in [0.4, 0.5) is 0 Å². The van der Waals surface area contributed by atoms with Crippen LogP contribution in [0.25, 0.3) is 0 Å². The average Bonchev–Trinajstić information content (AvgIpc) is 2.31. The summed E-state index contributed by atoms with van der Waals surface area (Å²) in [6.45, 7) is 4.46. The van der Waals surface area contributed by atoms with E-state index in [1.54, 1.807) is 0 Å². The summed E-state index contributed by atoms with van der Waals surface area (Å²) in [6, 6.07) is 0.210. The van der Waals surface area contributed by atoms with Gasteiger partial charge in [0, 0.05) is 6.61 Å². The van der Waals surface area contributed by atoms with E-state index in [4.69, 9.17) is 4.74 Å². The number of carbonyl (C=O) groups excluding carboxylic acids is 1. The fourth-order valence-electron chi connectivity index (χ4n) is 2.45. The second-order valence-corrected chi connectivity index (χ2v) is 5.10. The van der Waals surface area contributed by atoms with Crippen LogP contribution in [0.1, 0.15) is 39.0 Å². The van der Waals surface area contributed by atoms with Crippen molar-refractivity contribution in [3.05, 3.63) is 0 Å². The van der Waals surface area contributed by atoms with Crippen molar-refractivity contribution in [1.82, 2.24) is 10.6 Å². The van der Waals surface area contributed by atoms with Gasteiger partial charge in [-0.15, -0.1) is 12.4 Å². The van der Waals surface area contributed by atoms with Crippen LogP contribution in [-0.4, -0.2) is 37.2 Å². The number of piperidine rings is 1. The van der Waals surface area contributed by atoms with Gasteiger partial charge < -0.3 is 15.4 Å². The van der Waals surface area contributed by atoms with Gasteiger partial charge in [-0.3, -0.25) is 4.79 Å². The van der Waals surface area contributed by atoms with Crippen molar-refractivity contribution in [2.45, 2.75) is 50.6 Å². The van der Waals surface area contributed by atoms with Gasteiger partial charge in [0.05, 0.1) is 18.2 Å². The number of hydrogen-bond acceptors (Lipinski definition) is 3. The van der Waals surface area contributed by atoms with Gasteiger partial charge in [0.1, 0.15) is 0 Å². The maximum atomic E-state index is 12.2. The van der Waals surface area contributed by atoms with Crippen molar-refractivity contribution >= 4 is 18.3 Å². The molecule has 4 nitrogen and oxygen atoms in total. The summed E-state index contributed by atoms with van der Waals surface area (Å²) >= 11 is 0. The summed E-state index contributed by atoms with van der Waals surface area (Å²) in [6.07, 6.45) is 5.34. The maximum absolute atomic E-state index is 12.2. The van der Waals surface area contributed by atoms with Crippen LogP contribution in [0.3, 0.4) is 0 Å². The van der Waals surface area contributed by atoms with E-state index < -0.39 is 0 Å². The highest BCUT2D eigenvalue weighted by molar-refractivity contribution is 5.86. The van der Waals surface area contributed by atoms with Crippen LogP contribution in [-0.2, 0) is 9.53 Å². The Bertz CT molecular complexity index is 249.